The van der Waals surface area contributed by atoms with Crippen LogP contribution in [0.4, 0.5) is 0 Å². The van der Waals surface area contributed by atoms with Crippen LogP contribution in [0.3, 0.4) is 0 Å². The van der Waals surface area contributed by atoms with Gasteiger partial charge in [0.05, 0.1) is 31.6 Å². The highest BCUT2D eigenvalue weighted by Gasteiger charge is 2.55. The van der Waals surface area contributed by atoms with E-state index in [2.05, 4.69) is 34.5 Å². The molecular weight excluding hydrogens is 462 g/mol. The zero-order valence-corrected chi connectivity index (χ0v) is 20.9. The van der Waals surface area contributed by atoms with E-state index in [1.807, 2.05) is 42.3 Å². The molecule has 2 aliphatic heterocycles. The third kappa shape index (κ3) is 5.10. The average Bonchev–Trinajstić information content (AvgIpc) is 3.48. The number of amidine groups is 1. The average molecular weight is 492 g/mol. The van der Waals surface area contributed by atoms with Gasteiger partial charge in [0.25, 0.3) is 0 Å². The standard InChI is InChI=1S/C25H29N7O2S/c1-6-20(34-5)22(29-8-3)32-13-19-23(33)30-24(27)31-25(19,15-32)21-10-18(14-35-21)17(12-28-7-2)9-16(4)11-26/h6-10,12,14,16,19H,2-3,13,15H2,1,4-5H3,(H3,27,30,31,33)/b17-9+,20-6+,28-12?,29-22?. The third-order valence-corrected chi connectivity index (χ3v) is 6.92. The Kier molecular flexibility index (Phi) is 8.04. The first-order valence-electron chi connectivity index (χ1n) is 11.0. The minimum atomic E-state index is -0.911. The molecule has 1 fully saturated rings. The minimum Gasteiger partial charge on any atom is -0.493 e. The molecule has 1 aromatic rings. The summed E-state index contributed by atoms with van der Waals surface area (Å²) in [5.41, 5.74) is 6.80. The molecule has 0 spiro atoms. The van der Waals surface area contributed by atoms with Crippen molar-refractivity contribution in [3.63, 3.8) is 0 Å². The molecule has 3 rings (SSSR count). The molecule has 1 aromatic heterocycles. The summed E-state index contributed by atoms with van der Waals surface area (Å²) in [4.78, 5) is 29.3. The topological polar surface area (TPSA) is 128 Å². The molecule has 1 amide bonds. The van der Waals surface area contributed by atoms with E-state index in [4.69, 9.17) is 15.5 Å². The van der Waals surface area contributed by atoms with Crippen molar-refractivity contribution in [1.29, 1.82) is 5.26 Å². The van der Waals surface area contributed by atoms with Gasteiger partial charge >= 0.3 is 0 Å². The molecule has 3 heterocycles. The van der Waals surface area contributed by atoms with Crippen molar-refractivity contribution in [3.05, 3.63) is 65.4 Å². The van der Waals surface area contributed by atoms with Crippen molar-refractivity contribution in [2.24, 2.45) is 32.5 Å². The number of nitriles is 1. The summed E-state index contributed by atoms with van der Waals surface area (Å²) in [7, 11) is 1.57. The van der Waals surface area contributed by atoms with Gasteiger partial charge in [0.1, 0.15) is 5.54 Å². The minimum absolute atomic E-state index is 0.0744. The zero-order valence-electron chi connectivity index (χ0n) is 20.1. The molecule has 182 valence electrons. The predicted molar refractivity (Wildman–Crippen MR) is 141 cm³/mol. The fourth-order valence-electron chi connectivity index (χ4n) is 4.27. The van der Waals surface area contributed by atoms with Gasteiger partial charge in [-0.05, 0) is 42.5 Å². The van der Waals surface area contributed by atoms with Crippen LogP contribution in [-0.2, 0) is 15.1 Å². The lowest BCUT2D eigenvalue weighted by molar-refractivity contribution is -0.125. The van der Waals surface area contributed by atoms with E-state index in [9.17, 15) is 10.1 Å². The van der Waals surface area contributed by atoms with E-state index in [-0.39, 0.29) is 17.8 Å². The Balaban J connectivity index is 2.12. The van der Waals surface area contributed by atoms with Crippen molar-refractivity contribution in [2.75, 3.05) is 20.2 Å². The highest BCUT2D eigenvalue weighted by atomic mass is 32.1. The number of nitrogens with two attached hydrogens (primary N) is 1. The Bertz CT molecular complexity index is 1200. The van der Waals surface area contributed by atoms with Crippen molar-refractivity contribution in [1.82, 2.24) is 10.2 Å². The number of carbonyl (C=O) groups excluding carboxylic acids is 1. The van der Waals surface area contributed by atoms with E-state index >= 15 is 0 Å². The molecule has 0 saturated carbocycles. The van der Waals surface area contributed by atoms with Gasteiger partial charge in [-0.25, -0.2) is 9.98 Å². The molecule has 1 saturated heterocycles. The summed E-state index contributed by atoms with van der Waals surface area (Å²) in [6, 6.07) is 4.20. The maximum Gasteiger partial charge on any atom is 0.234 e. The quantitative estimate of drug-likeness (QED) is 0.328. The Labute approximate surface area is 209 Å². The van der Waals surface area contributed by atoms with Crippen molar-refractivity contribution in [2.45, 2.75) is 19.4 Å². The van der Waals surface area contributed by atoms with E-state index in [0.29, 0.717) is 24.7 Å². The van der Waals surface area contributed by atoms with E-state index in [1.54, 1.807) is 13.3 Å². The van der Waals surface area contributed by atoms with Gasteiger partial charge in [0, 0.05) is 30.0 Å². The van der Waals surface area contributed by atoms with Crippen molar-refractivity contribution in [3.8, 4) is 6.07 Å². The van der Waals surface area contributed by atoms with Crippen LogP contribution in [0.15, 0.2) is 69.9 Å². The number of ether oxygens (including phenoxy) is 1. The summed E-state index contributed by atoms with van der Waals surface area (Å²) < 4.78 is 5.51. The Morgan fingerprint density at radius 2 is 2.29 bits per heavy atom. The van der Waals surface area contributed by atoms with Gasteiger partial charge < -0.3 is 15.4 Å². The van der Waals surface area contributed by atoms with E-state index < -0.39 is 11.5 Å². The molecule has 3 unspecified atom stereocenters. The first-order chi connectivity index (χ1) is 16.8. The number of rotatable bonds is 8. The lowest BCUT2D eigenvalue weighted by Gasteiger charge is -2.33. The number of amides is 1. The highest BCUT2D eigenvalue weighted by molar-refractivity contribution is 7.10. The number of thiophene rings is 1. The second kappa shape index (κ2) is 11.0. The highest BCUT2D eigenvalue weighted by Crippen LogP contribution is 2.46. The van der Waals surface area contributed by atoms with Crippen LogP contribution in [0, 0.1) is 23.2 Å². The summed E-state index contributed by atoms with van der Waals surface area (Å²) in [6.07, 6.45) is 8.20. The maximum atomic E-state index is 13.1. The molecule has 3 atom stereocenters. The van der Waals surface area contributed by atoms with Crippen molar-refractivity contribution < 1.29 is 9.53 Å². The molecule has 9 nitrogen and oxygen atoms in total. The number of fused-ring (bicyclic) bond motifs is 1. The van der Waals surface area contributed by atoms with Gasteiger partial charge in [-0.2, -0.15) is 5.26 Å². The summed E-state index contributed by atoms with van der Waals surface area (Å²) >= 11 is 1.48. The van der Waals surface area contributed by atoms with Gasteiger partial charge in [-0.15, -0.1) is 11.3 Å². The van der Waals surface area contributed by atoms with Crippen LogP contribution < -0.4 is 11.1 Å². The lowest BCUT2D eigenvalue weighted by Crippen LogP contribution is -2.53. The van der Waals surface area contributed by atoms with E-state index in [1.165, 1.54) is 23.7 Å². The monoisotopic (exact) mass is 491 g/mol. The molecule has 0 radical (unpaired) electrons. The fourth-order valence-corrected chi connectivity index (χ4v) is 5.38. The number of methoxy groups -OCH3 is 1. The van der Waals surface area contributed by atoms with E-state index in [0.717, 1.165) is 16.0 Å². The van der Waals surface area contributed by atoms with Crippen LogP contribution in [0.25, 0.3) is 5.57 Å². The molecule has 35 heavy (non-hydrogen) atoms. The Morgan fingerprint density at radius 1 is 1.51 bits per heavy atom. The fraction of sp³-hybridized carbons (Fsp3) is 0.320. The number of nitrogens with zero attached hydrogens (tertiary/aromatic N) is 5. The number of hydrogen-bond donors (Lipinski definition) is 2. The van der Waals surface area contributed by atoms with Gasteiger partial charge in [-0.3, -0.25) is 15.1 Å². The number of allylic oxidation sites excluding steroid dienone is 3. The molecular formula is C25H29N7O2S. The van der Waals surface area contributed by atoms with Crippen LogP contribution >= 0.6 is 11.3 Å². The third-order valence-electron chi connectivity index (χ3n) is 5.83. The molecule has 10 heteroatoms. The number of carbonyl (C=O) groups is 1. The van der Waals surface area contributed by atoms with Crippen molar-refractivity contribution >= 4 is 40.8 Å². The second-order valence-corrected chi connectivity index (χ2v) is 8.95. The Morgan fingerprint density at radius 3 is 2.91 bits per heavy atom. The molecule has 0 aliphatic carbocycles. The van der Waals surface area contributed by atoms with Gasteiger partial charge in [-0.1, -0.05) is 19.2 Å². The number of likely N-dealkylation sites (tertiary alicyclic amines) is 1. The molecule has 2 aliphatic rings. The number of nitrogens with one attached hydrogen (secondary N) is 1. The van der Waals surface area contributed by atoms with Crippen LogP contribution in [0.2, 0.25) is 0 Å². The lowest BCUT2D eigenvalue weighted by atomic mass is 9.84. The Hall–Kier alpha value is -3.97. The maximum absolute atomic E-state index is 13.1. The van der Waals surface area contributed by atoms with Gasteiger partial charge in [0.15, 0.2) is 17.6 Å². The summed E-state index contributed by atoms with van der Waals surface area (Å²) in [6.45, 7) is 11.8. The number of hydrogen-bond acceptors (Lipinski definition) is 8. The second-order valence-electron chi connectivity index (χ2n) is 8.04. The summed E-state index contributed by atoms with van der Waals surface area (Å²) in [5, 5.41) is 13.9. The van der Waals surface area contributed by atoms with Crippen LogP contribution in [0.1, 0.15) is 24.3 Å². The summed E-state index contributed by atoms with van der Waals surface area (Å²) in [5.74, 6) is 0.203. The largest absolute Gasteiger partial charge is 0.493 e. The SMILES string of the molecule is C=CN=C/C(=C\C(C)C#N)c1csc(C23CN(C(=NC=C)/C(=C\C)OC)CC2C(=O)NC(N)=N3)c1. The van der Waals surface area contributed by atoms with Crippen LogP contribution in [0.5, 0.6) is 0 Å². The molecule has 3 N–H and O–H groups in total. The molecule has 0 bridgehead atoms. The zero-order chi connectivity index (χ0) is 25.6. The first-order valence-corrected chi connectivity index (χ1v) is 11.9. The smallest absolute Gasteiger partial charge is 0.234 e. The molecule has 0 aromatic carbocycles. The van der Waals surface area contributed by atoms with Crippen LogP contribution in [-0.4, -0.2) is 49.0 Å². The number of guanidine groups is 1. The first kappa shape index (κ1) is 25.6. The predicted octanol–water partition coefficient (Wildman–Crippen LogP) is 3.17. The van der Waals surface area contributed by atoms with Gasteiger partial charge in [0.2, 0.25) is 5.91 Å². The number of aliphatic imine (C=N–C) groups is 3. The normalized spacial score (nSPS) is 23.9.